The number of rotatable bonds is 7. The molecule has 2 N–H and O–H groups in total. The summed E-state index contributed by atoms with van der Waals surface area (Å²) >= 11 is 0. The molecule has 0 aliphatic heterocycles. The quantitative estimate of drug-likeness (QED) is 0.336. The van der Waals surface area contributed by atoms with Crippen LogP contribution in [0.2, 0.25) is 0 Å². The molecule has 11 nitrogen and oxygen atoms in total. The fraction of sp³-hybridized carbons (Fsp3) is 0.115. The molecule has 3 aromatic heterocycles. The Kier molecular flexibility index (Phi) is 6.49. The Labute approximate surface area is 212 Å². The molecule has 11 heteroatoms. The third-order valence-corrected chi connectivity index (χ3v) is 5.50. The van der Waals surface area contributed by atoms with E-state index in [9.17, 15) is 4.79 Å². The maximum Gasteiger partial charge on any atom is 0.323 e. The Morgan fingerprint density at radius 3 is 2.27 bits per heavy atom. The third kappa shape index (κ3) is 4.82. The number of carbonyl (C=O) groups is 1. The second-order valence-electron chi connectivity index (χ2n) is 7.80. The van der Waals surface area contributed by atoms with E-state index in [2.05, 4.69) is 25.8 Å². The van der Waals surface area contributed by atoms with Gasteiger partial charge in [0.05, 0.1) is 32.7 Å². The van der Waals surface area contributed by atoms with Crippen molar-refractivity contribution >= 4 is 23.1 Å². The van der Waals surface area contributed by atoms with E-state index in [-0.39, 0.29) is 0 Å². The normalized spacial score (nSPS) is 10.7. The van der Waals surface area contributed by atoms with Crippen LogP contribution < -0.4 is 24.8 Å². The summed E-state index contributed by atoms with van der Waals surface area (Å²) in [7, 11) is 4.54. The van der Waals surface area contributed by atoms with Crippen molar-refractivity contribution in [3.63, 3.8) is 0 Å². The first-order valence-electron chi connectivity index (χ1n) is 11.2. The lowest BCUT2D eigenvalue weighted by Gasteiger charge is -2.15. The van der Waals surface area contributed by atoms with Gasteiger partial charge in [0.1, 0.15) is 5.69 Å². The van der Waals surface area contributed by atoms with Crippen LogP contribution in [0.1, 0.15) is 0 Å². The van der Waals surface area contributed by atoms with E-state index in [1.807, 2.05) is 48.5 Å². The van der Waals surface area contributed by atoms with Crippen LogP contribution in [0.15, 0.2) is 72.9 Å². The van der Waals surface area contributed by atoms with E-state index in [0.29, 0.717) is 51.5 Å². The number of pyridine rings is 1. The number of ether oxygens (including phenoxy) is 3. The number of hydrogen-bond donors (Lipinski definition) is 2. The maximum atomic E-state index is 12.7. The molecule has 0 saturated heterocycles. The lowest BCUT2D eigenvalue weighted by atomic mass is 10.1. The Hall–Kier alpha value is -5.19. The standard InChI is InChI=1S/C26H23N7O4/c1-35-21-14-18(15-22(36-2)24(21)37-3)29-26(34)28-17-8-6-7-16(13-17)19-10-11-23-30-31-25(33(23)32-19)20-9-4-5-12-27-20/h4-15H,1-3H3,(H2,28,29,34). The van der Waals surface area contributed by atoms with E-state index in [0.717, 1.165) is 5.56 Å². The number of hydrogen-bond acceptors (Lipinski definition) is 8. The van der Waals surface area contributed by atoms with Crippen LogP contribution in [0.25, 0.3) is 28.4 Å². The highest BCUT2D eigenvalue weighted by Gasteiger charge is 2.15. The molecule has 37 heavy (non-hydrogen) atoms. The first-order chi connectivity index (χ1) is 18.1. The maximum absolute atomic E-state index is 12.7. The Balaban J connectivity index is 1.38. The van der Waals surface area contributed by atoms with Gasteiger partial charge in [0.2, 0.25) is 11.6 Å². The number of carbonyl (C=O) groups excluding carboxylic acids is 1. The largest absolute Gasteiger partial charge is 0.493 e. The van der Waals surface area contributed by atoms with Crippen LogP contribution in [0, 0.1) is 0 Å². The summed E-state index contributed by atoms with van der Waals surface area (Å²) < 4.78 is 17.7. The van der Waals surface area contributed by atoms with Gasteiger partial charge in [-0.3, -0.25) is 4.98 Å². The number of amides is 2. The molecule has 3 heterocycles. The summed E-state index contributed by atoms with van der Waals surface area (Å²) in [5.74, 6) is 1.84. The first kappa shape index (κ1) is 23.5. The molecular weight excluding hydrogens is 474 g/mol. The minimum atomic E-state index is -0.439. The molecular formula is C26H23N7O4. The van der Waals surface area contributed by atoms with Gasteiger partial charge >= 0.3 is 6.03 Å². The van der Waals surface area contributed by atoms with Crippen molar-refractivity contribution in [2.75, 3.05) is 32.0 Å². The molecule has 0 radical (unpaired) electrons. The van der Waals surface area contributed by atoms with Crippen molar-refractivity contribution in [1.29, 1.82) is 0 Å². The summed E-state index contributed by atoms with van der Waals surface area (Å²) in [5, 5.41) is 18.7. The van der Waals surface area contributed by atoms with E-state index in [4.69, 9.17) is 19.3 Å². The molecule has 2 amide bonds. The first-order valence-corrected chi connectivity index (χ1v) is 11.2. The number of nitrogens with zero attached hydrogens (tertiary/aromatic N) is 5. The fourth-order valence-corrected chi connectivity index (χ4v) is 3.80. The zero-order valence-corrected chi connectivity index (χ0v) is 20.3. The Morgan fingerprint density at radius 2 is 1.57 bits per heavy atom. The highest BCUT2D eigenvalue weighted by atomic mass is 16.5. The van der Waals surface area contributed by atoms with Crippen molar-refractivity contribution in [2.45, 2.75) is 0 Å². The lowest BCUT2D eigenvalue weighted by Crippen LogP contribution is -2.19. The second kappa shape index (κ2) is 10.2. The molecule has 0 aliphatic rings. The molecule has 2 aromatic carbocycles. The fourth-order valence-electron chi connectivity index (χ4n) is 3.80. The number of anilines is 2. The Bertz CT molecular complexity index is 1550. The van der Waals surface area contributed by atoms with Gasteiger partial charge in [-0.05, 0) is 36.4 Å². The highest BCUT2D eigenvalue weighted by Crippen LogP contribution is 2.40. The van der Waals surface area contributed by atoms with E-state index in [1.54, 1.807) is 28.9 Å². The molecule has 186 valence electrons. The predicted octanol–water partition coefficient (Wildman–Crippen LogP) is 4.52. The molecule has 0 unspecified atom stereocenters. The molecule has 0 bridgehead atoms. The molecule has 5 aromatic rings. The minimum Gasteiger partial charge on any atom is -0.493 e. The van der Waals surface area contributed by atoms with Crippen LogP contribution in [-0.2, 0) is 0 Å². The number of aromatic nitrogens is 5. The monoisotopic (exact) mass is 497 g/mol. The van der Waals surface area contributed by atoms with Gasteiger partial charge in [-0.2, -0.15) is 9.61 Å². The van der Waals surface area contributed by atoms with Crippen LogP contribution in [0.4, 0.5) is 16.2 Å². The van der Waals surface area contributed by atoms with Crippen LogP contribution in [0.5, 0.6) is 17.2 Å². The molecule has 0 fully saturated rings. The van der Waals surface area contributed by atoms with Crippen LogP contribution in [0.3, 0.4) is 0 Å². The summed E-state index contributed by atoms with van der Waals surface area (Å²) in [6.07, 6.45) is 1.69. The summed E-state index contributed by atoms with van der Waals surface area (Å²) in [6, 6.07) is 19.5. The van der Waals surface area contributed by atoms with Gasteiger partial charge in [-0.15, -0.1) is 10.2 Å². The number of urea groups is 1. The second-order valence-corrected chi connectivity index (χ2v) is 7.80. The van der Waals surface area contributed by atoms with Gasteiger partial charge < -0.3 is 24.8 Å². The van der Waals surface area contributed by atoms with Gasteiger partial charge in [0.25, 0.3) is 0 Å². The summed E-state index contributed by atoms with van der Waals surface area (Å²) in [5.41, 5.74) is 3.80. The smallest absolute Gasteiger partial charge is 0.323 e. The summed E-state index contributed by atoms with van der Waals surface area (Å²) in [4.78, 5) is 17.1. The molecule has 0 spiro atoms. The molecule has 5 rings (SSSR count). The van der Waals surface area contributed by atoms with Crippen LogP contribution in [-0.4, -0.2) is 52.2 Å². The van der Waals surface area contributed by atoms with Gasteiger partial charge in [-0.1, -0.05) is 18.2 Å². The average molecular weight is 498 g/mol. The molecule has 0 atom stereocenters. The molecule has 0 aliphatic carbocycles. The van der Waals surface area contributed by atoms with E-state index < -0.39 is 6.03 Å². The van der Waals surface area contributed by atoms with Crippen LogP contribution >= 0.6 is 0 Å². The van der Waals surface area contributed by atoms with E-state index >= 15 is 0 Å². The Morgan fingerprint density at radius 1 is 0.784 bits per heavy atom. The van der Waals surface area contributed by atoms with Crippen molar-refractivity contribution < 1.29 is 19.0 Å². The third-order valence-electron chi connectivity index (χ3n) is 5.50. The average Bonchev–Trinajstić information content (AvgIpc) is 3.36. The van der Waals surface area contributed by atoms with Gasteiger partial charge in [0, 0.05) is 29.6 Å². The lowest BCUT2D eigenvalue weighted by molar-refractivity contribution is 0.262. The van der Waals surface area contributed by atoms with Crippen molar-refractivity contribution in [1.82, 2.24) is 24.8 Å². The zero-order valence-electron chi connectivity index (χ0n) is 20.3. The summed E-state index contributed by atoms with van der Waals surface area (Å²) in [6.45, 7) is 0. The predicted molar refractivity (Wildman–Crippen MR) is 138 cm³/mol. The van der Waals surface area contributed by atoms with E-state index in [1.165, 1.54) is 21.3 Å². The zero-order chi connectivity index (χ0) is 25.8. The number of methoxy groups -OCH3 is 3. The SMILES string of the molecule is COc1cc(NC(=O)Nc2cccc(-c3ccc4nnc(-c5ccccn5)n4n3)c2)cc(OC)c1OC. The van der Waals surface area contributed by atoms with Gasteiger partial charge in [-0.25, -0.2) is 4.79 Å². The molecule has 0 saturated carbocycles. The van der Waals surface area contributed by atoms with Crippen molar-refractivity contribution in [3.8, 4) is 40.0 Å². The van der Waals surface area contributed by atoms with Gasteiger partial charge in [0.15, 0.2) is 17.1 Å². The minimum absolute atomic E-state index is 0.430. The highest BCUT2D eigenvalue weighted by molar-refractivity contribution is 6.00. The number of fused-ring (bicyclic) bond motifs is 1. The number of benzene rings is 2. The van der Waals surface area contributed by atoms with Crippen molar-refractivity contribution in [3.05, 3.63) is 72.9 Å². The topological polar surface area (TPSA) is 125 Å². The van der Waals surface area contributed by atoms with Crippen molar-refractivity contribution in [2.24, 2.45) is 0 Å². The number of nitrogens with one attached hydrogen (secondary N) is 2.